The Balaban J connectivity index is 1.28. The predicted molar refractivity (Wildman–Crippen MR) is 111 cm³/mol. The molecule has 142 valence electrons. The van der Waals surface area contributed by atoms with Crippen molar-refractivity contribution in [2.24, 2.45) is 0 Å². The van der Waals surface area contributed by atoms with Crippen LogP contribution in [0.1, 0.15) is 62.5 Å². The zero-order valence-electron chi connectivity index (χ0n) is 16.4. The second-order valence-electron chi connectivity index (χ2n) is 7.36. The minimum absolute atomic E-state index is 1.13. The van der Waals surface area contributed by atoms with Crippen molar-refractivity contribution in [1.82, 2.24) is 0 Å². The topological polar surface area (TPSA) is 33.2 Å². The van der Waals surface area contributed by atoms with E-state index in [9.17, 15) is 0 Å². The van der Waals surface area contributed by atoms with Crippen LogP contribution in [-0.4, -0.2) is 13.1 Å². The van der Waals surface area contributed by atoms with E-state index in [0.29, 0.717) is 0 Å². The van der Waals surface area contributed by atoms with E-state index in [1.807, 2.05) is 0 Å². The molecule has 2 aromatic carbocycles. The second kappa shape index (κ2) is 14.5. The van der Waals surface area contributed by atoms with E-state index < -0.39 is 0 Å². The van der Waals surface area contributed by atoms with Crippen molar-refractivity contribution in [2.45, 2.75) is 64.5 Å². The number of unbranched alkanes of at least 4 members (excludes halogenated alkanes) is 7. The molecule has 2 rings (SSSR count). The fourth-order valence-electron chi connectivity index (χ4n) is 3.40. The molecule has 2 aromatic rings. The van der Waals surface area contributed by atoms with Gasteiger partial charge >= 0.3 is 0 Å². The lowest BCUT2D eigenvalue weighted by Gasteiger charge is -2.04. The predicted octanol–water partition coefficient (Wildman–Crippen LogP) is 3.63. The van der Waals surface area contributed by atoms with Crippen LogP contribution in [0, 0.1) is 0 Å². The normalized spacial score (nSPS) is 10.9. The maximum Gasteiger partial charge on any atom is 0.101 e. The molecule has 0 spiro atoms. The Morgan fingerprint density at radius 3 is 1.15 bits per heavy atom. The Labute approximate surface area is 160 Å². The Morgan fingerprint density at radius 1 is 0.423 bits per heavy atom. The van der Waals surface area contributed by atoms with E-state index in [2.05, 4.69) is 71.3 Å². The second-order valence-corrected chi connectivity index (χ2v) is 7.36. The third-order valence-corrected chi connectivity index (χ3v) is 5.01. The summed E-state index contributed by atoms with van der Waals surface area (Å²) in [5, 5.41) is 4.89. The molecule has 0 aliphatic carbocycles. The maximum atomic E-state index is 2.45. The summed E-state index contributed by atoms with van der Waals surface area (Å²) < 4.78 is 0. The van der Waals surface area contributed by atoms with Gasteiger partial charge in [-0.15, -0.1) is 0 Å². The summed E-state index contributed by atoms with van der Waals surface area (Å²) in [4.78, 5) is 0. The largest absolute Gasteiger partial charge is 0.343 e. The van der Waals surface area contributed by atoms with Crippen LogP contribution in [0.2, 0.25) is 0 Å². The van der Waals surface area contributed by atoms with Crippen LogP contribution in [0.4, 0.5) is 0 Å². The summed E-state index contributed by atoms with van der Waals surface area (Å²) in [5.74, 6) is 0. The number of rotatable bonds is 15. The van der Waals surface area contributed by atoms with E-state index in [0.717, 1.165) is 13.1 Å². The molecule has 0 radical (unpaired) electrons. The van der Waals surface area contributed by atoms with Crippen LogP contribution in [0.5, 0.6) is 0 Å². The van der Waals surface area contributed by atoms with Gasteiger partial charge in [-0.3, -0.25) is 0 Å². The van der Waals surface area contributed by atoms with E-state index in [1.54, 1.807) is 0 Å². The van der Waals surface area contributed by atoms with Crippen molar-refractivity contribution >= 4 is 0 Å². The lowest BCUT2D eigenvalue weighted by molar-refractivity contribution is -0.671. The standard InChI is InChI=1S/C24H36N2/c1(3-5-13-19-25-21-23-15-9-7-10-16-23)2-4-6-14-20-26-22-24-17-11-8-12-18-24/h7-12,15-18,25-26H,1-6,13-14,19-22H2/p+2. The molecule has 2 nitrogen and oxygen atoms in total. The summed E-state index contributed by atoms with van der Waals surface area (Å²) in [6, 6.07) is 21.6. The fourth-order valence-corrected chi connectivity index (χ4v) is 3.40. The van der Waals surface area contributed by atoms with Gasteiger partial charge in [0.1, 0.15) is 13.1 Å². The van der Waals surface area contributed by atoms with Gasteiger partial charge in [-0.1, -0.05) is 86.3 Å². The van der Waals surface area contributed by atoms with Crippen molar-refractivity contribution in [3.63, 3.8) is 0 Å². The van der Waals surface area contributed by atoms with Crippen molar-refractivity contribution in [3.05, 3.63) is 71.8 Å². The highest BCUT2D eigenvalue weighted by atomic mass is 14.8. The molecule has 4 N–H and O–H groups in total. The van der Waals surface area contributed by atoms with Crippen LogP contribution in [-0.2, 0) is 13.1 Å². The molecule has 26 heavy (non-hydrogen) atoms. The Kier molecular flexibility index (Phi) is 11.5. The van der Waals surface area contributed by atoms with Crippen LogP contribution >= 0.6 is 0 Å². The van der Waals surface area contributed by atoms with Gasteiger partial charge in [-0.2, -0.15) is 0 Å². The first-order valence-corrected chi connectivity index (χ1v) is 10.7. The van der Waals surface area contributed by atoms with Gasteiger partial charge in [-0.05, 0) is 25.7 Å². The molecule has 0 bridgehead atoms. The number of hydrogen-bond acceptors (Lipinski definition) is 0. The SMILES string of the molecule is c1ccc(C[NH2+]CCCCCCCCCC[NH2+]Cc2ccccc2)cc1. The van der Waals surface area contributed by atoms with Gasteiger partial charge in [0, 0.05) is 11.1 Å². The molecule has 0 unspecified atom stereocenters. The van der Waals surface area contributed by atoms with Crippen LogP contribution in [0.15, 0.2) is 60.7 Å². The van der Waals surface area contributed by atoms with Gasteiger partial charge in [0.15, 0.2) is 0 Å². The molecule has 0 saturated heterocycles. The zero-order valence-corrected chi connectivity index (χ0v) is 16.4. The lowest BCUT2D eigenvalue weighted by Crippen LogP contribution is -2.82. The van der Waals surface area contributed by atoms with Gasteiger partial charge in [-0.25, -0.2) is 0 Å². The maximum absolute atomic E-state index is 2.45. The number of nitrogens with two attached hydrogens (primary N) is 2. The smallest absolute Gasteiger partial charge is 0.101 e. The van der Waals surface area contributed by atoms with Crippen LogP contribution in [0.25, 0.3) is 0 Å². The van der Waals surface area contributed by atoms with E-state index in [4.69, 9.17) is 0 Å². The monoisotopic (exact) mass is 354 g/mol. The summed E-state index contributed by atoms with van der Waals surface area (Å²) in [6.45, 7) is 4.79. The third-order valence-electron chi connectivity index (χ3n) is 5.01. The molecule has 0 aliphatic rings. The highest BCUT2D eigenvalue weighted by Crippen LogP contribution is 2.07. The highest BCUT2D eigenvalue weighted by molar-refractivity contribution is 5.13. The van der Waals surface area contributed by atoms with Crippen LogP contribution in [0.3, 0.4) is 0 Å². The molecule has 0 atom stereocenters. The van der Waals surface area contributed by atoms with Gasteiger partial charge < -0.3 is 10.6 Å². The highest BCUT2D eigenvalue weighted by Gasteiger charge is 1.97. The fraction of sp³-hybridized carbons (Fsp3) is 0.500. The van der Waals surface area contributed by atoms with Gasteiger partial charge in [0.05, 0.1) is 13.1 Å². The van der Waals surface area contributed by atoms with E-state index in [1.165, 1.54) is 75.6 Å². The first-order chi connectivity index (χ1) is 12.9. The molecule has 2 heteroatoms. The third kappa shape index (κ3) is 10.4. The number of quaternary nitrogens is 2. The first-order valence-electron chi connectivity index (χ1n) is 10.7. The molecule has 0 aliphatic heterocycles. The number of benzene rings is 2. The summed E-state index contributed by atoms with van der Waals surface area (Å²) in [5.41, 5.74) is 2.88. The average Bonchev–Trinajstić information content (AvgIpc) is 2.70. The van der Waals surface area contributed by atoms with Crippen molar-refractivity contribution in [1.29, 1.82) is 0 Å². The Bertz CT molecular complexity index is 487. The molecule has 0 aromatic heterocycles. The number of hydrogen-bond donors (Lipinski definition) is 2. The van der Waals surface area contributed by atoms with Crippen LogP contribution < -0.4 is 10.6 Å². The van der Waals surface area contributed by atoms with Gasteiger partial charge in [0.25, 0.3) is 0 Å². The van der Waals surface area contributed by atoms with Gasteiger partial charge in [0.2, 0.25) is 0 Å². The summed E-state index contributed by atoms with van der Waals surface area (Å²) >= 11 is 0. The van der Waals surface area contributed by atoms with Crippen molar-refractivity contribution in [3.8, 4) is 0 Å². The summed E-state index contributed by atoms with van der Waals surface area (Å²) in [7, 11) is 0. The van der Waals surface area contributed by atoms with Crippen molar-refractivity contribution < 1.29 is 10.6 Å². The quantitative estimate of drug-likeness (QED) is 0.458. The molecular formula is C24H38N2+2. The van der Waals surface area contributed by atoms with Crippen molar-refractivity contribution in [2.75, 3.05) is 13.1 Å². The molecular weight excluding hydrogens is 316 g/mol. The molecule has 0 heterocycles. The Morgan fingerprint density at radius 2 is 0.769 bits per heavy atom. The first kappa shape index (κ1) is 20.7. The molecule has 0 amide bonds. The Hall–Kier alpha value is -1.64. The minimum Gasteiger partial charge on any atom is -0.343 e. The molecule has 0 saturated carbocycles. The lowest BCUT2D eigenvalue weighted by atomic mass is 10.1. The average molecular weight is 355 g/mol. The molecule has 0 fully saturated rings. The minimum atomic E-state index is 1.13. The van der Waals surface area contributed by atoms with E-state index in [-0.39, 0.29) is 0 Å². The van der Waals surface area contributed by atoms with E-state index >= 15 is 0 Å². The summed E-state index contributed by atoms with van der Waals surface area (Å²) in [6.07, 6.45) is 11.2. The zero-order chi connectivity index (χ0) is 18.1.